The number of carbonyl (C=O) groups excluding carboxylic acids is 2. The van der Waals surface area contributed by atoms with Crippen molar-refractivity contribution in [1.82, 2.24) is 10.2 Å². The molecule has 8 nitrogen and oxygen atoms in total. The van der Waals surface area contributed by atoms with Gasteiger partial charge < -0.3 is 15.0 Å². The van der Waals surface area contributed by atoms with Crippen molar-refractivity contribution in [3.8, 4) is 5.75 Å². The van der Waals surface area contributed by atoms with Crippen LogP contribution in [-0.4, -0.2) is 50.4 Å². The molecule has 0 heterocycles. The lowest BCUT2D eigenvalue weighted by molar-refractivity contribution is -0.140. The minimum absolute atomic E-state index is 0.0132. The van der Waals surface area contributed by atoms with Gasteiger partial charge in [0.15, 0.2) is 0 Å². The van der Waals surface area contributed by atoms with E-state index in [0.717, 1.165) is 9.87 Å². The van der Waals surface area contributed by atoms with Crippen molar-refractivity contribution in [2.45, 2.75) is 50.2 Å². The topological polar surface area (TPSA) is 96.0 Å². The van der Waals surface area contributed by atoms with Gasteiger partial charge in [0, 0.05) is 34.1 Å². The molecule has 1 N–H and O–H groups in total. The zero-order valence-corrected chi connectivity index (χ0v) is 28.4. The van der Waals surface area contributed by atoms with Crippen molar-refractivity contribution in [2.24, 2.45) is 0 Å². The molecule has 1 unspecified atom stereocenters. The summed E-state index contributed by atoms with van der Waals surface area (Å²) in [4.78, 5) is 30.0. The fourth-order valence-corrected chi connectivity index (χ4v) is 6.89. The van der Waals surface area contributed by atoms with Crippen LogP contribution in [0.15, 0.2) is 108 Å². The Kier molecular flexibility index (Phi) is 11.4. The first kappa shape index (κ1) is 34.8. The van der Waals surface area contributed by atoms with Crippen molar-refractivity contribution in [3.63, 3.8) is 0 Å². The number of nitrogens with one attached hydrogen (secondary N) is 1. The highest BCUT2D eigenvalue weighted by molar-refractivity contribution is 7.92. The molecule has 2 amide bonds. The van der Waals surface area contributed by atoms with Crippen LogP contribution in [0.5, 0.6) is 5.75 Å². The number of rotatable bonds is 12. The number of methoxy groups -OCH3 is 1. The normalized spacial score (nSPS) is 12.2. The van der Waals surface area contributed by atoms with Crippen molar-refractivity contribution < 1.29 is 22.7 Å². The molecule has 0 aliphatic rings. The van der Waals surface area contributed by atoms with Crippen LogP contribution in [0.1, 0.15) is 31.9 Å². The Hall–Kier alpha value is -4.05. The fraction of sp³-hybridized carbons (Fsp3) is 0.257. The highest BCUT2D eigenvalue weighted by Crippen LogP contribution is 2.33. The van der Waals surface area contributed by atoms with Crippen LogP contribution in [0, 0.1) is 0 Å². The predicted octanol–water partition coefficient (Wildman–Crippen LogP) is 6.75. The van der Waals surface area contributed by atoms with E-state index in [2.05, 4.69) is 5.32 Å². The summed E-state index contributed by atoms with van der Waals surface area (Å²) in [6.07, 6.45) is 0.149. The highest BCUT2D eigenvalue weighted by atomic mass is 35.5. The number of amides is 2. The molecule has 0 bridgehead atoms. The molecule has 0 spiro atoms. The minimum atomic E-state index is -4.28. The van der Waals surface area contributed by atoms with Gasteiger partial charge in [-0.2, -0.15) is 0 Å². The molecule has 0 saturated heterocycles. The number of anilines is 1. The van der Waals surface area contributed by atoms with Gasteiger partial charge in [0.05, 0.1) is 17.7 Å². The maximum Gasteiger partial charge on any atom is 0.264 e. The Labute approximate surface area is 280 Å². The molecule has 0 aromatic heterocycles. The van der Waals surface area contributed by atoms with Crippen LogP contribution in [0.3, 0.4) is 0 Å². The van der Waals surface area contributed by atoms with E-state index in [1.807, 2.05) is 51.1 Å². The van der Waals surface area contributed by atoms with Gasteiger partial charge in [-0.25, -0.2) is 8.42 Å². The van der Waals surface area contributed by atoms with Gasteiger partial charge in [-0.15, -0.1) is 0 Å². The van der Waals surface area contributed by atoms with Crippen LogP contribution in [0.25, 0.3) is 0 Å². The second-order valence-electron chi connectivity index (χ2n) is 11.7. The largest absolute Gasteiger partial charge is 0.495 e. The molecule has 4 aromatic carbocycles. The first-order valence-electron chi connectivity index (χ1n) is 14.6. The van der Waals surface area contributed by atoms with Gasteiger partial charge >= 0.3 is 0 Å². The summed E-state index contributed by atoms with van der Waals surface area (Å²) in [5.41, 5.74) is 0.772. The number of hydrogen-bond donors (Lipinski definition) is 1. The lowest BCUT2D eigenvalue weighted by Gasteiger charge is -2.35. The van der Waals surface area contributed by atoms with E-state index in [-0.39, 0.29) is 29.3 Å². The zero-order valence-electron chi connectivity index (χ0n) is 26.1. The van der Waals surface area contributed by atoms with Crippen LogP contribution in [-0.2, 0) is 32.6 Å². The molecule has 1 atom stereocenters. The molecule has 0 aliphatic carbocycles. The summed E-state index contributed by atoms with van der Waals surface area (Å²) in [6, 6.07) is 27.6. The Bertz CT molecular complexity index is 1740. The second kappa shape index (κ2) is 15.0. The molecular weight excluding hydrogens is 645 g/mol. The third-order valence-corrected chi connectivity index (χ3v) is 9.61. The average Bonchev–Trinajstić information content (AvgIpc) is 3.02. The van der Waals surface area contributed by atoms with Crippen LogP contribution < -0.4 is 14.4 Å². The van der Waals surface area contributed by atoms with Crippen molar-refractivity contribution >= 4 is 50.7 Å². The number of hydrogen-bond acceptors (Lipinski definition) is 5. The Morgan fingerprint density at radius 2 is 1.39 bits per heavy atom. The van der Waals surface area contributed by atoms with Crippen LogP contribution >= 0.6 is 23.2 Å². The number of sulfonamides is 1. The van der Waals surface area contributed by atoms with Crippen molar-refractivity contribution in [3.05, 3.63) is 124 Å². The zero-order chi connectivity index (χ0) is 33.5. The van der Waals surface area contributed by atoms with Gasteiger partial charge in [0.2, 0.25) is 11.8 Å². The van der Waals surface area contributed by atoms with Gasteiger partial charge in [-0.3, -0.25) is 13.9 Å². The highest BCUT2D eigenvalue weighted by Gasteiger charge is 2.36. The maximum absolute atomic E-state index is 14.6. The smallest absolute Gasteiger partial charge is 0.264 e. The van der Waals surface area contributed by atoms with Gasteiger partial charge in [-0.05, 0) is 62.7 Å². The maximum atomic E-state index is 14.6. The molecule has 242 valence electrons. The van der Waals surface area contributed by atoms with Gasteiger partial charge in [-0.1, -0.05) is 89.9 Å². The molecule has 0 radical (unpaired) electrons. The molecule has 4 aromatic rings. The molecular formula is C35H37Cl2N3O5S. The Morgan fingerprint density at radius 1 is 0.826 bits per heavy atom. The molecule has 0 fully saturated rings. The monoisotopic (exact) mass is 681 g/mol. The van der Waals surface area contributed by atoms with Gasteiger partial charge in [0.1, 0.15) is 18.3 Å². The van der Waals surface area contributed by atoms with E-state index in [0.29, 0.717) is 15.6 Å². The summed E-state index contributed by atoms with van der Waals surface area (Å²) >= 11 is 13.2. The molecule has 4 rings (SSSR count). The van der Waals surface area contributed by atoms with E-state index >= 15 is 0 Å². The first-order chi connectivity index (χ1) is 21.8. The standard InChI is InChI=1S/C35H37Cl2N3O5S/c1-35(2,3)38-34(42)31(22-25-14-7-5-8-15-25)39(23-27-28(36)18-13-19-29(27)37)33(41)24-40(30-20-11-12-21-32(30)45-4)46(43,44)26-16-9-6-10-17-26/h5-21,31H,22-24H2,1-4H3,(H,38,42). The Morgan fingerprint density at radius 3 is 1.98 bits per heavy atom. The van der Waals surface area contributed by atoms with E-state index in [1.54, 1.807) is 60.7 Å². The van der Waals surface area contributed by atoms with E-state index in [1.165, 1.54) is 24.1 Å². The van der Waals surface area contributed by atoms with Gasteiger partial charge in [0.25, 0.3) is 10.0 Å². The molecule has 46 heavy (non-hydrogen) atoms. The number of benzene rings is 4. The van der Waals surface area contributed by atoms with Crippen LogP contribution in [0.4, 0.5) is 5.69 Å². The summed E-state index contributed by atoms with van der Waals surface area (Å²) < 4.78 is 34.9. The van der Waals surface area contributed by atoms with E-state index in [4.69, 9.17) is 27.9 Å². The minimum Gasteiger partial charge on any atom is -0.495 e. The number of nitrogens with zero attached hydrogens (tertiary/aromatic N) is 2. The predicted molar refractivity (Wildman–Crippen MR) is 183 cm³/mol. The molecule has 0 saturated carbocycles. The molecule has 0 aliphatic heterocycles. The Balaban J connectivity index is 1.87. The van der Waals surface area contributed by atoms with E-state index in [9.17, 15) is 18.0 Å². The summed E-state index contributed by atoms with van der Waals surface area (Å²) in [7, 11) is -2.86. The van der Waals surface area contributed by atoms with E-state index < -0.39 is 40.0 Å². The second-order valence-corrected chi connectivity index (χ2v) is 14.3. The molecule has 11 heteroatoms. The summed E-state index contributed by atoms with van der Waals surface area (Å²) in [5, 5.41) is 3.61. The van der Waals surface area contributed by atoms with Crippen molar-refractivity contribution in [2.75, 3.05) is 18.0 Å². The third-order valence-electron chi connectivity index (χ3n) is 7.12. The lowest BCUT2D eigenvalue weighted by atomic mass is 10.0. The summed E-state index contributed by atoms with van der Waals surface area (Å²) in [5.74, 6) is -0.809. The number of ether oxygens (including phenoxy) is 1. The fourth-order valence-electron chi connectivity index (χ4n) is 4.93. The average molecular weight is 683 g/mol. The van der Waals surface area contributed by atoms with Crippen molar-refractivity contribution in [1.29, 1.82) is 0 Å². The number of para-hydroxylation sites is 2. The lowest BCUT2D eigenvalue weighted by Crippen LogP contribution is -2.56. The van der Waals surface area contributed by atoms with Crippen LogP contribution in [0.2, 0.25) is 10.0 Å². The SMILES string of the molecule is COc1ccccc1N(CC(=O)N(Cc1c(Cl)cccc1Cl)C(Cc1ccccc1)C(=O)NC(C)(C)C)S(=O)(=O)c1ccccc1. The summed E-state index contributed by atoms with van der Waals surface area (Å²) in [6.45, 7) is 4.73. The number of halogens is 2. The number of carbonyl (C=O) groups is 2. The third kappa shape index (κ3) is 8.60. The first-order valence-corrected chi connectivity index (χ1v) is 16.8. The quantitative estimate of drug-likeness (QED) is 0.178.